The molecule has 1 saturated carbocycles. The molecule has 0 radical (unpaired) electrons. The number of carbonyl (C=O) groups excluding carboxylic acids is 2. The van der Waals surface area contributed by atoms with Gasteiger partial charge >= 0.3 is 6.09 Å². The van der Waals surface area contributed by atoms with Crippen molar-refractivity contribution < 1.29 is 22.7 Å². The van der Waals surface area contributed by atoms with E-state index in [4.69, 9.17) is 4.74 Å². The summed E-state index contributed by atoms with van der Waals surface area (Å²) in [6, 6.07) is 14.0. The number of hydrogen-bond donors (Lipinski definition) is 2. The second-order valence-corrected chi connectivity index (χ2v) is 15.3. The molecule has 2 aromatic carbocycles. The normalized spacial score (nSPS) is 21.3. The summed E-state index contributed by atoms with van der Waals surface area (Å²) < 4.78 is 35.3. The summed E-state index contributed by atoms with van der Waals surface area (Å²) in [4.78, 5) is 38.1. The van der Waals surface area contributed by atoms with Crippen molar-refractivity contribution in [3.05, 3.63) is 70.9 Å². The van der Waals surface area contributed by atoms with Gasteiger partial charge in [-0.2, -0.15) is 0 Å². The Bertz CT molecular complexity index is 1700. The largest absolute Gasteiger partial charge is 0.447 e. The summed E-state index contributed by atoms with van der Waals surface area (Å²) in [5, 5.41) is 2.98. The molecule has 4 bridgehead atoms. The van der Waals surface area contributed by atoms with Crippen LogP contribution in [0.3, 0.4) is 0 Å². The van der Waals surface area contributed by atoms with Gasteiger partial charge in [0.15, 0.2) is 0 Å². The number of aryl methyl sites for hydroxylation is 3. The minimum absolute atomic E-state index is 0.00945. The fraction of sp³-hybridized carbons (Fsp3) is 0.500. The van der Waals surface area contributed by atoms with Crippen molar-refractivity contribution in [3.8, 4) is 11.3 Å². The van der Waals surface area contributed by atoms with E-state index in [-0.39, 0.29) is 41.0 Å². The lowest BCUT2D eigenvalue weighted by Crippen LogP contribution is -2.51. The van der Waals surface area contributed by atoms with E-state index < -0.39 is 16.1 Å². The monoisotopic (exact) mass is 661 g/mol. The summed E-state index contributed by atoms with van der Waals surface area (Å²) in [5.74, 6) is 0.140. The maximum Gasteiger partial charge on any atom is 0.407 e. The Balaban J connectivity index is 1.55. The molecule has 2 amide bonds. The molecule has 1 fully saturated rings. The standard InChI is InChI=1S/C36H47N5O5S/c1-22(2)19-30-18-15-28-21-32(33-24(5)9-7-10-25(33)6)39-35(37-28)40-47(44,45)31-12-8-11-26(20-31)34(42)41(30)29-16-13-27(14-17-29)38-36(43)46-23(3)4/h7-12,20-23,27,29-30H,13-19H2,1-6H3,(H,38,43)(H,37,39,40)/t27?,29?,30-/m0/s1. The van der Waals surface area contributed by atoms with Gasteiger partial charge in [-0.05, 0) is 114 Å². The molecule has 10 nitrogen and oxygen atoms in total. The van der Waals surface area contributed by atoms with Gasteiger partial charge in [0.2, 0.25) is 5.95 Å². The van der Waals surface area contributed by atoms with E-state index in [0.29, 0.717) is 61.4 Å². The van der Waals surface area contributed by atoms with Crippen molar-refractivity contribution in [3.63, 3.8) is 0 Å². The van der Waals surface area contributed by atoms with Gasteiger partial charge in [-0.25, -0.2) is 27.9 Å². The third kappa shape index (κ3) is 8.30. The Hall–Kier alpha value is -3.99. The molecule has 1 aliphatic heterocycles. The number of rotatable bonds is 6. The molecule has 0 saturated heterocycles. The predicted molar refractivity (Wildman–Crippen MR) is 183 cm³/mol. The SMILES string of the molecule is Cc1cccc(C)c1-c1cc2nc(n1)NS(=O)(=O)c1cccc(c1)C(=O)N(C1CCC(NC(=O)OC(C)C)CC1)[C@H](CC(C)C)CC2. The van der Waals surface area contributed by atoms with Crippen molar-refractivity contribution in [1.82, 2.24) is 20.2 Å². The van der Waals surface area contributed by atoms with Gasteiger partial charge in [0.25, 0.3) is 15.9 Å². The first kappa shape index (κ1) is 34.3. The molecule has 1 aromatic heterocycles. The number of nitrogens with one attached hydrogen (secondary N) is 2. The summed E-state index contributed by atoms with van der Waals surface area (Å²) in [7, 11) is -4.10. The summed E-state index contributed by atoms with van der Waals surface area (Å²) >= 11 is 0. The van der Waals surface area contributed by atoms with Crippen LogP contribution in [0.25, 0.3) is 11.3 Å². The zero-order chi connectivity index (χ0) is 33.9. The fourth-order valence-electron chi connectivity index (χ4n) is 6.91. The quantitative estimate of drug-likeness (QED) is 0.297. The van der Waals surface area contributed by atoms with Crippen LogP contribution in [0.4, 0.5) is 10.7 Å². The second-order valence-electron chi connectivity index (χ2n) is 13.6. The first-order chi connectivity index (χ1) is 22.3. The fourth-order valence-corrected chi connectivity index (χ4v) is 7.90. The molecular weight excluding hydrogens is 614 g/mol. The highest BCUT2D eigenvalue weighted by Gasteiger charge is 2.36. The summed E-state index contributed by atoms with van der Waals surface area (Å²) in [6.45, 7) is 12.0. The van der Waals surface area contributed by atoms with Gasteiger partial charge < -0.3 is 15.0 Å². The van der Waals surface area contributed by atoms with E-state index in [1.54, 1.807) is 12.1 Å². The Morgan fingerprint density at radius 1 is 0.979 bits per heavy atom. The minimum Gasteiger partial charge on any atom is -0.447 e. The topological polar surface area (TPSA) is 131 Å². The van der Waals surface area contributed by atoms with Gasteiger partial charge in [0.05, 0.1) is 16.7 Å². The third-order valence-electron chi connectivity index (χ3n) is 8.99. The zero-order valence-corrected chi connectivity index (χ0v) is 29.1. The average Bonchev–Trinajstić information content (AvgIpc) is 2.99. The number of anilines is 1. The van der Waals surface area contributed by atoms with Crippen molar-refractivity contribution in [2.24, 2.45) is 5.92 Å². The molecule has 0 spiro atoms. The second kappa shape index (κ2) is 14.4. The first-order valence-electron chi connectivity index (χ1n) is 16.7. The van der Waals surface area contributed by atoms with Crippen LogP contribution in [-0.2, 0) is 21.2 Å². The summed E-state index contributed by atoms with van der Waals surface area (Å²) in [5.41, 5.74) is 4.70. The van der Waals surface area contributed by atoms with Gasteiger partial charge in [-0.1, -0.05) is 38.1 Å². The van der Waals surface area contributed by atoms with E-state index in [0.717, 1.165) is 23.1 Å². The van der Waals surface area contributed by atoms with Crippen molar-refractivity contribution in [1.29, 1.82) is 0 Å². The Kier molecular flexibility index (Phi) is 10.5. The van der Waals surface area contributed by atoms with Crippen molar-refractivity contribution >= 4 is 28.0 Å². The molecule has 3 aromatic rings. The number of hydrogen-bond acceptors (Lipinski definition) is 7. The highest BCUT2D eigenvalue weighted by molar-refractivity contribution is 7.92. The Morgan fingerprint density at radius 2 is 1.66 bits per heavy atom. The lowest BCUT2D eigenvalue weighted by Gasteiger charge is -2.42. The maximum atomic E-state index is 14.5. The smallest absolute Gasteiger partial charge is 0.407 e. The summed E-state index contributed by atoms with van der Waals surface area (Å²) in [6.07, 6.45) is 4.18. The molecule has 2 aliphatic rings. The van der Waals surface area contributed by atoms with E-state index >= 15 is 0 Å². The number of aromatic nitrogens is 2. The Labute approximate surface area is 278 Å². The molecule has 0 unspecified atom stereocenters. The lowest BCUT2D eigenvalue weighted by molar-refractivity contribution is 0.0436. The number of fused-ring (bicyclic) bond motifs is 4. The highest BCUT2D eigenvalue weighted by Crippen LogP contribution is 2.33. The first-order valence-corrected chi connectivity index (χ1v) is 18.2. The number of ether oxygens (including phenoxy) is 1. The number of carbonyl (C=O) groups is 2. The molecule has 11 heteroatoms. The number of amides is 2. The molecular formula is C36H47N5O5S. The van der Waals surface area contributed by atoms with Crippen LogP contribution in [0.5, 0.6) is 0 Å². The van der Waals surface area contributed by atoms with E-state index in [2.05, 4.69) is 33.9 Å². The molecule has 47 heavy (non-hydrogen) atoms. The maximum absolute atomic E-state index is 14.5. The van der Waals surface area contributed by atoms with Crippen LogP contribution in [0.15, 0.2) is 53.4 Å². The van der Waals surface area contributed by atoms with Gasteiger partial charge in [0, 0.05) is 34.9 Å². The molecule has 1 aliphatic carbocycles. The zero-order valence-electron chi connectivity index (χ0n) is 28.2. The molecule has 2 N–H and O–H groups in total. The Morgan fingerprint density at radius 3 is 2.32 bits per heavy atom. The van der Waals surface area contributed by atoms with Crippen LogP contribution >= 0.6 is 0 Å². The number of nitrogens with zero attached hydrogens (tertiary/aromatic N) is 3. The minimum atomic E-state index is -4.10. The average molecular weight is 662 g/mol. The van der Waals surface area contributed by atoms with Crippen molar-refractivity contribution in [2.45, 2.75) is 116 Å². The van der Waals surface area contributed by atoms with Crippen LogP contribution in [0, 0.1) is 19.8 Å². The van der Waals surface area contributed by atoms with E-state index in [9.17, 15) is 18.0 Å². The van der Waals surface area contributed by atoms with E-state index in [1.807, 2.05) is 56.9 Å². The number of sulfonamides is 1. The van der Waals surface area contributed by atoms with Crippen LogP contribution < -0.4 is 10.0 Å². The molecule has 5 rings (SSSR count). The van der Waals surface area contributed by atoms with Crippen LogP contribution in [-0.4, -0.2) is 59.5 Å². The third-order valence-corrected chi connectivity index (χ3v) is 10.3. The van der Waals surface area contributed by atoms with Crippen LogP contribution in [0.2, 0.25) is 0 Å². The van der Waals surface area contributed by atoms with Gasteiger partial charge in [0.1, 0.15) is 0 Å². The van der Waals surface area contributed by atoms with Gasteiger partial charge in [-0.15, -0.1) is 0 Å². The highest BCUT2D eigenvalue weighted by atomic mass is 32.2. The lowest BCUT2D eigenvalue weighted by atomic mass is 9.87. The number of benzene rings is 2. The molecule has 2 heterocycles. The van der Waals surface area contributed by atoms with E-state index in [1.165, 1.54) is 12.1 Å². The molecule has 1 atom stereocenters. The van der Waals surface area contributed by atoms with Crippen molar-refractivity contribution in [2.75, 3.05) is 4.72 Å². The predicted octanol–water partition coefficient (Wildman–Crippen LogP) is 6.81. The van der Waals surface area contributed by atoms with Gasteiger partial charge in [-0.3, -0.25) is 4.79 Å². The van der Waals surface area contributed by atoms with Crippen LogP contribution in [0.1, 0.15) is 93.4 Å². The molecule has 252 valence electrons. The number of alkyl carbamates (subject to hydrolysis) is 1.